The lowest BCUT2D eigenvalue weighted by Gasteiger charge is -2.13. The molecule has 25 heavy (non-hydrogen) atoms. The molecule has 0 aromatic carbocycles. The number of nitrogens with one attached hydrogen (secondary N) is 2. The van der Waals surface area contributed by atoms with E-state index in [2.05, 4.69) is 20.6 Å². The van der Waals surface area contributed by atoms with Gasteiger partial charge in [-0.25, -0.2) is 9.78 Å². The largest absolute Gasteiger partial charge is 0.495 e. The molecule has 0 saturated carbocycles. The van der Waals surface area contributed by atoms with Crippen molar-refractivity contribution < 1.29 is 14.3 Å². The van der Waals surface area contributed by atoms with Crippen LogP contribution in [0.1, 0.15) is 26.0 Å². The van der Waals surface area contributed by atoms with Crippen LogP contribution in [0.3, 0.4) is 0 Å². The number of pyridine rings is 1. The number of aryl methyl sites for hydroxylation is 1. The average molecular weight is 364 g/mol. The number of carbonyl (C=O) groups is 1. The summed E-state index contributed by atoms with van der Waals surface area (Å²) in [5.41, 5.74) is 1.74. The molecule has 0 unspecified atom stereocenters. The molecular formula is C17H24N4O3S. The smallest absolute Gasteiger partial charge is 0.321 e. The number of hydrogen-bond donors (Lipinski definition) is 2. The second kappa shape index (κ2) is 9.33. The Morgan fingerprint density at radius 3 is 2.92 bits per heavy atom. The molecule has 2 heterocycles. The van der Waals surface area contributed by atoms with E-state index in [9.17, 15) is 4.79 Å². The van der Waals surface area contributed by atoms with Gasteiger partial charge in [0.25, 0.3) is 0 Å². The van der Waals surface area contributed by atoms with Crippen LogP contribution in [0.5, 0.6) is 5.75 Å². The Labute approximate surface area is 151 Å². The minimum Gasteiger partial charge on any atom is -0.495 e. The number of hydrogen-bond acceptors (Lipinski definition) is 6. The summed E-state index contributed by atoms with van der Waals surface area (Å²) in [6.45, 7) is 7.01. The van der Waals surface area contributed by atoms with Crippen LogP contribution in [-0.2, 0) is 4.74 Å². The van der Waals surface area contributed by atoms with Gasteiger partial charge in [-0.1, -0.05) is 18.3 Å². The van der Waals surface area contributed by atoms with Gasteiger partial charge in [0.15, 0.2) is 5.13 Å². The van der Waals surface area contributed by atoms with Crippen molar-refractivity contribution in [1.29, 1.82) is 0 Å². The highest BCUT2D eigenvalue weighted by atomic mass is 32.1. The van der Waals surface area contributed by atoms with E-state index in [0.29, 0.717) is 24.0 Å². The van der Waals surface area contributed by atoms with Gasteiger partial charge in [-0.15, -0.1) is 0 Å². The molecule has 1 atom stereocenters. The maximum absolute atomic E-state index is 12.0. The topological polar surface area (TPSA) is 85.4 Å². The minimum atomic E-state index is -0.295. The van der Waals surface area contributed by atoms with Crippen molar-refractivity contribution in [2.24, 2.45) is 0 Å². The number of carbonyl (C=O) groups excluding carboxylic acids is 1. The van der Waals surface area contributed by atoms with Gasteiger partial charge >= 0.3 is 6.03 Å². The standard InChI is InChI=1S/C17H24N4O3S/c1-5-6-24-11(2)8-19-16(22)21-17-20-12(3)15(25-17)13-7-14(23-4)10-18-9-13/h7,9-11H,5-6,8H2,1-4H3,(H2,19,20,21,22)/t11-/m0/s1. The molecule has 2 aromatic heterocycles. The van der Waals surface area contributed by atoms with Gasteiger partial charge in [0.1, 0.15) is 5.75 Å². The minimum absolute atomic E-state index is 0.0258. The van der Waals surface area contributed by atoms with E-state index < -0.39 is 0 Å². The molecule has 0 aliphatic rings. The summed E-state index contributed by atoms with van der Waals surface area (Å²) < 4.78 is 10.7. The fraction of sp³-hybridized carbons (Fsp3) is 0.471. The average Bonchev–Trinajstić information content (AvgIpc) is 2.98. The van der Waals surface area contributed by atoms with Crippen LogP contribution in [0, 0.1) is 6.92 Å². The molecule has 0 aliphatic carbocycles. The van der Waals surface area contributed by atoms with Crippen LogP contribution in [-0.4, -0.2) is 42.4 Å². The van der Waals surface area contributed by atoms with Crippen molar-refractivity contribution in [3.8, 4) is 16.2 Å². The summed E-state index contributed by atoms with van der Waals surface area (Å²) in [4.78, 5) is 21.5. The third kappa shape index (κ3) is 5.68. The summed E-state index contributed by atoms with van der Waals surface area (Å²) in [6, 6.07) is 1.60. The van der Waals surface area contributed by atoms with Gasteiger partial charge < -0.3 is 14.8 Å². The van der Waals surface area contributed by atoms with Crippen molar-refractivity contribution in [3.05, 3.63) is 24.2 Å². The van der Waals surface area contributed by atoms with Crippen molar-refractivity contribution in [2.45, 2.75) is 33.3 Å². The zero-order valence-electron chi connectivity index (χ0n) is 15.0. The number of rotatable bonds is 8. The Hall–Kier alpha value is -2.19. The Bertz CT molecular complexity index is 705. The second-order valence-electron chi connectivity index (χ2n) is 5.56. The maximum atomic E-state index is 12.0. The molecule has 8 heteroatoms. The van der Waals surface area contributed by atoms with Crippen molar-refractivity contribution in [1.82, 2.24) is 15.3 Å². The lowest BCUT2D eigenvalue weighted by molar-refractivity contribution is 0.0682. The Balaban J connectivity index is 1.96. The molecule has 136 valence electrons. The van der Waals surface area contributed by atoms with Crippen LogP contribution < -0.4 is 15.4 Å². The molecule has 0 saturated heterocycles. The van der Waals surface area contributed by atoms with Gasteiger partial charge in [-0.05, 0) is 26.3 Å². The predicted octanol–water partition coefficient (Wildman–Crippen LogP) is 3.46. The summed E-state index contributed by atoms with van der Waals surface area (Å²) in [7, 11) is 1.60. The first-order valence-electron chi connectivity index (χ1n) is 8.16. The highest BCUT2D eigenvalue weighted by Crippen LogP contribution is 2.33. The maximum Gasteiger partial charge on any atom is 0.321 e. The first-order chi connectivity index (χ1) is 12.0. The number of nitrogens with zero attached hydrogens (tertiary/aromatic N) is 2. The third-order valence-corrected chi connectivity index (χ3v) is 4.51. The number of amides is 2. The van der Waals surface area contributed by atoms with E-state index in [0.717, 1.165) is 22.6 Å². The zero-order chi connectivity index (χ0) is 18.2. The molecule has 0 bridgehead atoms. The molecule has 0 fully saturated rings. The number of aromatic nitrogens is 2. The van der Waals surface area contributed by atoms with Crippen LogP contribution in [0.4, 0.5) is 9.93 Å². The van der Waals surface area contributed by atoms with E-state index in [1.165, 1.54) is 11.3 Å². The molecule has 2 rings (SSSR count). The van der Waals surface area contributed by atoms with E-state index in [4.69, 9.17) is 9.47 Å². The van der Waals surface area contributed by atoms with Gasteiger partial charge in [0, 0.05) is 24.9 Å². The van der Waals surface area contributed by atoms with E-state index >= 15 is 0 Å². The second-order valence-corrected chi connectivity index (χ2v) is 6.56. The van der Waals surface area contributed by atoms with E-state index in [1.54, 1.807) is 19.5 Å². The van der Waals surface area contributed by atoms with Crippen molar-refractivity contribution in [2.75, 3.05) is 25.6 Å². The van der Waals surface area contributed by atoms with Crippen LogP contribution in [0.25, 0.3) is 10.4 Å². The van der Waals surface area contributed by atoms with Gasteiger partial charge in [0.05, 0.1) is 30.0 Å². The van der Waals surface area contributed by atoms with E-state index in [1.807, 2.05) is 26.8 Å². The Morgan fingerprint density at radius 2 is 2.20 bits per heavy atom. The first-order valence-corrected chi connectivity index (χ1v) is 8.98. The normalized spacial score (nSPS) is 11.8. The molecule has 0 spiro atoms. The van der Waals surface area contributed by atoms with Gasteiger partial charge in [-0.2, -0.15) is 0 Å². The number of thiazole rings is 1. The SMILES string of the molecule is CCCO[C@@H](C)CNC(=O)Nc1nc(C)c(-c2cncc(OC)c2)s1. The van der Waals surface area contributed by atoms with Gasteiger partial charge in [0.2, 0.25) is 0 Å². The molecule has 0 radical (unpaired) electrons. The Kier molecular flexibility index (Phi) is 7.15. The van der Waals surface area contributed by atoms with Crippen LogP contribution in [0.2, 0.25) is 0 Å². The monoisotopic (exact) mass is 364 g/mol. The molecule has 7 nitrogen and oxygen atoms in total. The summed E-state index contributed by atoms with van der Waals surface area (Å²) >= 11 is 1.40. The fourth-order valence-electron chi connectivity index (χ4n) is 2.13. The predicted molar refractivity (Wildman–Crippen MR) is 99.4 cm³/mol. The number of ether oxygens (including phenoxy) is 2. The van der Waals surface area contributed by atoms with E-state index in [-0.39, 0.29) is 12.1 Å². The van der Waals surface area contributed by atoms with Crippen LogP contribution >= 0.6 is 11.3 Å². The molecule has 2 N–H and O–H groups in total. The number of anilines is 1. The summed E-state index contributed by atoms with van der Waals surface area (Å²) in [5, 5.41) is 6.09. The highest BCUT2D eigenvalue weighted by Gasteiger charge is 2.13. The lowest BCUT2D eigenvalue weighted by atomic mass is 10.2. The molecular weight excluding hydrogens is 340 g/mol. The summed E-state index contributed by atoms with van der Waals surface area (Å²) in [5.74, 6) is 0.679. The fourth-order valence-corrected chi connectivity index (χ4v) is 3.07. The zero-order valence-corrected chi connectivity index (χ0v) is 15.8. The molecule has 2 amide bonds. The summed E-state index contributed by atoms with van der Waals surface area (Å²) in [6.07, 6.45) is 4.33. The quantitative estimate of drug-likeness (QED) is 0.749. The third-order valence-electron chi connectivity index (χ3n) is 3.38. The van der Waals surface area contributed by atoms with Crippen molar-refractivity contribution >= 4 is 22.5 Å². The van der Waals surface area contributed by atoms with Crippen molar-refractivity contribution in [3.63, 3.8) is 0 Å². The van der Waals surface area contributed by atoms with Gasteiger partial charge in [-0.3, -0.25) is 10.3 Å². The lowest BCUT2D eigenvalue weighted by Crippen LogP contribution is -2.35. The van der Waals surface area contributed by atoms with Crippen LogP contribution in [0.15, 0.2) is 18.5 Å². The molecule has 0 aliphatic heterocycles. The number of methoxy groups -OCH3 is 1. The highest BCUT2D eigenvalue weighted by molar-refractivity contribution is 7.19. The Morgan fingerprint density at radius 1 is 1.40 bits per heavy atom. The first kappa shape index (κ1) is 19.1. The molecule has 2 aromatic rings. The number of urea groups is 1.